The van der Waals surface area contributed by atoms with Crippen LogP contribution in [0, 0.1) is 21.4 Å². The van der Waals surface area contributed by atoms with Gasteiger partial charge in [0.15, 0.2) is 0 Å². The fourth-order valence-electron chi connectivity index (χ4n) is 3.77. The van der Waals surface area contributed by atoms with E-state index in [4.69, 9.17) is 17.3 Å². The van der Waals surface area contributed by atoms with Gasteiger partial charge >= 0.3 is 0 Å². The van der Waals surface area contributed by atoms with Crippen LogP contribution in [0.1, 0.15) is 53.6 Å². The van der Waals surface area contributed by atoms with Crippen LogP contribution in [0.3, 0.4) is 0 Å². The molecule has 0 aliphatic heterocycles. The summed E-state index contributed by atoms with van der Waals surface area (Å²) in [7, 11) is 0. The van der Waals surface area contributed by atoms with E-state index in [1.807, 2.05) is 0 Å². The monoisotopic (exact) mass is 461 g/mol. The molecule has 1 atom stereocenters. The van der Waals surface area contributed by atoms with E-state index in [0.717, 1.165) is 29.7 Å². The fraction of sp³-hybridized carbons (Fsp3) is 0.364. The molecule has 0 fully saturated rings. The zero-order valence-electron chi connectivity index (χ0n) is 17.5. The van der Waals surface area contributed by atoms with Crippen LogP contribution in [-0.2, 0) is 17.6 Å². The number of rotatable bonds is 5. The molecule has 0 spiro atoms. The lowest BCUT2D eigenvalue weighted by Gasteiger charge is -2.33. The number of carbonyl (C=O) groups excluding carboxylic acids is 2. The van der Waals surface area contributed by atoms with Gasteiger partial charge in [0.25, 0.3) is 11.6 Å². The van der Waals surface area contributed by atoms with E-state index < -0.39 is 16.7 Å². The highest BCUT2D eigenvalue weighted by molar-refractivity contribution is 7.17. The molecule has 0 saturated heterocycles. The Morgan fingerprint density at radius 3 is 2.68 bits per heavy atom. The van der Waals surface area contributed by atoms with Gasteiger partial charge in [-0.25, -0.2) is 0 Å². The van der Waals surface area contributed by atoms with Crippen LogP contribution >= 0.6 is 22.9 Å². The predicted molar refractivity (Wildman–Crippen MR) is 124 cm³/mol. The number of carbonyl (C=O) groups is 2. The normalized spacial score (nSPS) is 16.2. The maximum absolute atomic E-state index is 12.5. The minimum Gasteiger partial charge on any atom is -0.365 e. The lowest BCUT2D eigenvalue weighted by atomic mass is 9.72. The summed E-state index contributed by atoms with van der Waals surface area (Å²) in [5.41, 5.74) is 7.32. The molecule has 0 bridgehead atoms. The zero-order chi connectivity index (χ0) is 22.9. The Balaban J connectivity index is 1.81. The van der Waals surface area contributed by atoms with E-state index >= 15 is 0 Å². The molecule has 9 heteroatoms. The van der Waals surface area contributed by atoms with Crippen molar-refractivity contribution in [3.8, 4) is 0 Å². The summed E-state index contributed by atoms with van der Waals surface area (Å²) >= 11 is 7.20. The quantitative estimate of drug-likeness (QED) is 0.361. The molecule has 0 saturated carbocycles. The van der Waals surface area contributed by atoms with Gasteiger partial charge in [0.2, 0.25) is 5.91 Å². The van der Waals surface area contributed by atoms with E-state index in [-0.39, 0.29) is 16.1 Å². The molecule has 1 aliphatic carbocycles. The average Bonchev–Trinajstić information content (AvgIpc) is 3.03. The molecular formula is C22H24ClN3O4S. The number of fused-ring (bicyclic) bond motifs is 1. The maximum Gasteiger partial charge on any atom is 0.288 e. The number of hydrogen-bond donors (Lipinski definition) is 2. The summed E-state index contributed by atoms with van der Waals surface area (Å²) in [6.45, 7) is 6.62. The van der Waals surface area contributed by atoms with Gasteiger partial charge in [0, 0.05) is 17.0 Å². The minimum absolute atomic E-state index is 0.0235. The Bertz CT molecular complexity index is 1090. The van der Waals surface area contributed by atoms with Crippen LogP contribution in [-0.4, -0.2) is 16.7 Å². The second-order valence-electron chi connectivity index (χ2n) is 8.67. The molecule has 1 unspecified atom stereocenters. The largest absolute Gasteiger partial charge is 0.365 e. The molecule has 7 nitrogen and oxygen atoms in total. The van der Waals surface area contributed by atoms with E-state index in [1.165, 1.54) is 35.6 Å². The maximum atomic E-state index is 12.5. The Hall–Kier alpha value is -2.71. The summed E-state index contributed by atoms with van der Waals surface area (Å²) < 4.78 is 0. The first kappa shape index (κ1) is 23.0. The van der Waals surface area contributed by atoms with E-state index in [0.29, 0.717) is 22.0 Å². The highest BCUT2D eigenvalue weighted by Gasteiger charge is 2.33. The lowest BCUT2D eigenvalue weighted by Crippen LogP contribution is -2.27. The van der Waals surface area contributed by atoms with Crippen molar-refractivity contribution in [2.45, 2.75) is 40.0 Å². The summed E-state index contributed by atoms with van der Waals surface area (Å²) in [6, 6.07) is 4.27. The first-order chi connectivity index (χ1) is 14.5. The standard InChI is InChI=1S/C22H24ClN3O4S/c1-22(2,3)13-6-7-14-17(11-13)31-21(19(14)20(24)28)25-18(27)9-5-12-4-8-15(23)16(10-12)26(29)30/h4-5,8-10,13H,6-7,11H2,1-3H3,(H2,24,28)(H,25,27)/b9-5+. The van der Waals surface area contributed by atoms with Crippen molar-refractivity contribution in [2.24, 2.45) is 17.1 Å². The molecule has 1 aromatic heterocycles. The second kappa shape index (κ2) is 8.80. The van der Waals surface area contributed by atoms with Gasteiger partial charge in [0.1, 0.15) is 10.0 Å². The summed E-state index contributed by atoms with van der Waals surface area (Å²) in [6.07, 6.45) is 5.28. The molecule has 3 rings (SSSR count). The van der Waals surface area contributed by atoms with Crippen molar-refractivity contribution in [1.29, 1.82) is 0 Å². The molecule has 1 aliphatic rings. The number of primary amides is 1. The number of nitrogens with zero attached hydrogens (tertiary/aromatic N) is 1. The van der Waals surface area contributed by atoms with Gasteiger partial charge in [-0.15, -0.1) is 11.3 Å². The Kier molecular flexibility index (Phi) is 6.52. The van der Waals surface area contributed by atoms with Crippen molar-refractivity contribution in [3.63, 3.8) is 0 Å². The Morgan fingerprint density at radius 2 is 2.06 bits per heavy atom. The topological polar surface area (TPSA) is 115 Å². The third-order valence-corrected chi connectivity index (χ3v) is 7.06. The van der Waals surface area contributed by atoms with Gasteiger partial charge in [0.05, 0.1) is 10.5 Å². The van der Waals surface area contributed by atoms with Crippen molar-refractivity contribution in [1.82, 2.24) is 0 Å². The minimum atomic E-state index is -0.583. The SMILES string of the molecule is CC(C)(C)C1CCc2c(sc(NC(=O)/C=C/c3ccc(Cl)c([N+](=O)[O-])c3)c2C(N)=O)C1. The molecule has 31 heavy (non-hydrogen) atoms. The van der Waals surface area contributed by atoms with Crippen LogP contribution in [0.5, 0.6) is 0 Å². The first-order valence-electron chi connectivity index (χ1n) is 9.84. The smallest absolute Gasteiger partial charge is 0.288 e. The molecule has 164 valence electrons. The molecule has 1 aromatic carbocycles. The first-order valence-corrected chi connectivity index (χ1v) is 11.0. The lowest BCUT2D eigenvalue weighted by molar-refractivity contribution is -0.384. The van der Waals surface area contributed by atoms with Gasteiger partial charge in [-0.3, -0.25) is 19.7 Å². The van der Waals surface area contributed by atoms with Gasteiger partial charge < -0.3 is 11.1 Å². The fourth-order valence-corrected chi connectivity index (χ4v) is 5.29. The summed E-state index contributed by atoms with van der Waals surface area (Å²) in [5, 5.41) is 14.2. The number of thiophene rings is 1. The predicted octanol–water partition coefficient (Wildman–Crippen LogP) is 5.21. The van der Waals surface area contributed by atoms with Gasteiger partial charge in [-0.1, -0.05) is 38.4 Å². The van der Waals surface area contributed by atoms with Crippen LogP contribution in [0.2, 0.25) is 5.02 Å². The van der Waals surface area contributed by atoms with Gasteiger partial charge in [-0.2, -0.15) is 0 Å². The number of nitrogens with one attached hydrogen (secondary N) is 1. The van der Waals surface area contributed by atoms with Crippen LogP contribution in [0.25, 0.3) is 6.08 Å². The number of benzene rings is 1. The second-order valence-corrected chi connectivity index (χ2v) is 10.2. The third kappa shape index (κ3) is 5.14. The van der Waals surface area contributed by atoms with Gasteiger partial charge in [-0.05, 0) is 53.9 Å². The number of anilines is 1. The summed E-state index contributed by atoms with van der Waals surface area (Å²) in [4.78, 5) is 36.1. The molecular weight excluding hydrogens is 438 g/mol. The van der Waals surface area contributed by atoms with Crippen LogP contribution < -0.4 is 11.1 Å². The van der Waals surface area contributed by atoms with Crippen molar-refractivity contribution in [3.05, 3.63) is 61.0 Å². The number of halogens is 1. The van der Waals surface area contributed by atoms with Crippen molar-refractivity contribution < 1.29 is 14.5 Å². The van der Waals surface area contributed by atoms with Crippen molar-refractivity contribution in [2.75, 3.05) is 5.32 Å². The van der Waals surface area contributed by atoms with E-state index in [1.54, 1.807) is 6.07 Å². The summed E-state index contributed by atoms with van der Waals surface area (Å²) in [5.74, 6) is -0.520. The Labute approximate surface area is 189 Å². The van der Waals surface area contributed by atoms with Crippen molar-refractivity contribution >= 4 is 51.5 Å². The number of nitro benzene ring substituents is 1. The average molecular weight is 462 g/mol. The highest BCUT2D eigenvalue weighted by Crippen LogP contribution is 2.44. The highest BCUT2D eigenvalue weighted by atomic mass is 35.5. The number of nitro groups is 1. The van der Waals surface area contributed by atoms with E-state index in [2.05, 4.69) is 26.1 Å². The number of amides is 2. The molecule has 0 radical (unpaired) electrons. The number of hydrogen-bond acceptors (Lipinski definition) is 5. The third-order valence-electron chi connectivity index (χ3n) is 5.57. The Morgan fingerprint density at radius 1 is 1.35 bits per heavy atom. The van der Waals surface area contributed by atoms with E-state index in [9.17, 15) is 19.7 Å². The molecule has 3 N–H and O–H groups in total. The number of nitrogens with two attached hydrogens (primary N) is 1. The zero-order valence-corrected chi connectivity index (χ0v) is 19.1. The molecule has 2 amide bonds. The van der Waals surface area contributed by atoms with Crippen LogP contribution in [0.4, 0.5) is 10.7 Å². The van der Waals surface area contributed by atoms with Crippen LogP contribution in [0.15, 0.2) is 24.3 Å². The molecule has 2 aromatic rings. The molecule has 1 heterocycles.